The van der Waals surface area contributed by atoms with E-state index in [4.69, 9.17) is 4.74 Å². The predicted molar refractivity (Wildman–Crippen MR) is 113 cm³/mol. The van der Waals surface area contributed by atoms with Gasteiger partial charge in [0.25, 0.3) is 0 Å². The molecule has 2 aliphatic heterocycles. The molecule has 2 heterocycles. The van der Waals surface area contributed by atoms with Crippen LogP contribution in [-0.2, 0) is 22.4 Å². The van der Waals surface area contributed by atoms with E-state index in [2.05, 4.69) is 58.3 Å². The van der Waals surface area contributed by atoms with E-state index >= 15 is 0 Å². The summed E-state index contributed by atoms with van der Waals surface area (Å²) < 4.78 is 5.07. The molecule has 1 atom stereocenters. The highest BCUT2D eigenvalue weighted by Gasteiger charge is 2.28. The smallest absolute Gasteiger partial charge is 0.307 e. The highest BCUT2D eigenvalue weighted by atomic mass is 16.5. The Morgan fingerprint density at radius 2 is 1.68 bits per heavy atom. The van der Waals surface area contributed by atoms with Crippen molar-refractivity contribution in [3.8, 4) is 0 Å². The molecule has 1 fully saturated rings. The fourth-order valence-corrected chi connectivity index (χ4v) is 4.57. The maximum Gasteiger partial charge on any atom is 0.307 e. The number of fused-ring (bicyclic) bond motifs is 2. The molecule has 0 aromatic heterocycles. The fourth-order valence-electron chi connectivity index (χ4n) is 4.57. The number of ether oxygens (including phenoxy) is 1. The first-order valence-corrected chi connectivity index (χ1v) is 10.6. The molecule has 1 unspecified atom stereocenters. The van der Waals surface area contributed by atoms with Gasteiger partial charge in [-0.25, -0.2) is 0 Å². The highest BCUT2D eigenvalue weighted by Crippen LogP contribution is 2.37. The molecule has 0 amide bonds. The standard InChI is InChI=1S/C24H30N2O2/c1-2-28-24(27)14-16-25-15-13-19(17-25)18-26-22-9-5-3-7-20(22)11-12-21-8-4-6-10-23(21)26/h3-10,19H,2,11-18H2,1H3. The molecule has 0 bridgehead atoms. The van der Waals surface area contributed by atoms with Crippen molar-refractivity contribution in [3.05, 3.63) is 59.7 Å². The Balaban J connectivity index is 1.47. The summed E-state index contributed by atoms with van der Waals surface area (Å²) >= 11 is 0. The van der Waals surface area contributed by atoms with E-state index in [0.717, 1.165) is 39.0 Å². The number of aryl methyl sites for hydroxylation is 2. The number of anilines is 2. The van der Waals surface area contributed by atoms with Gasteiger partial charge in [0.05, 0.1) is 13.0 Å². The third kappa shape index (κ3) is 4.22. The quantitative estimate of drug-likeness (QED) is 0.706. The second kappa shape index (κ2) is 8.78. The van der Waals surface area contributed by atoms with Gasteiger partial charge in [-0.05, 0) is 61.9 Å². The number of likely N-dealkylation sites (tertiary alicyclic amines) is 1. The first kappa shape index (κ1) is 19.0. The van der Waals surface area contributed by atoms with E-state index in [1.807, 2.05) is 6.92 Å². The minimum absolute atomic E-state index is 0.0821. The molecule has 2 aromatic carbocycles. The van der Waals surface area contributed by atoms with Crippen molar-refractivity contribution in [3.63, 3.8) is 0 Å². The van der Waals surface area contributed by atoms with Crippen LogP contribution in [0.1, 0.15) is 30.9 Å². The van der Waals surface area contributed by atoms with Crippen LogP contribution in [-0.4, -0.2) is 43.7 Å². The van der Waals surface area contributed by atoms with Gasteiger partial charge in [-0.1, -0.05) is 36.4 Å². The third-order valence-electron chi connectivity index (χ3n) is 5.98. The number of esters is 1. The molecule has 2 aliphatic rings. The predicted octanol–water partition coefficient (Wildman–Crippen LogP) is 4.20. The van der Waals surface area contributed by atoms with E-state index in [0.29, 0.717) is 18.9 Å². The number of benzene rings is 2. The number of rotatable bonds is 6. The number of carbonyl (C=O) groups excluding carboxylic acids is 1. The van der Waals surface area contributed by atoms with Crippen molar-refractivity contribution in [1.82, 2.24) is 4.90 Å². The van der Waals surface area contributed by atoms with Crippen molar-refractivity contribution < 1.29 is 9.53 Å². The minimum atomic E-state index is -0.0821. The van der Waals surface area contributed by atoms with Gasteiger partial charge in [0, 0.05) is 31.0 Å². The van der Waals surface area contributed by atoms with Gasteiger partial charge in [-0.2, -0.15) is 0 Å². The van der Waals surface area contributed by atoms with E-state index in [1.54, 1.807) is 0 Å². The van der Waals surface area contributed by atoms with Crippen molar-refractivity contribution in [2.75, 3.05) is 37.7 Å². The fraction of sp³-hybridized carbons (Fsp3) is 0.458. The van der Waals surface area contributed by atoms with E-state index in [9.17, 15) is 4.79 Å². The lowest BCUT2D eigenvalue weighted by Gasteiger charge is -2.29. The molecular formula is C24H30N2O2. The van der Waals surface area contributed by atoms with Gasteiger partial charge in [0.2, 0.25) is 0 Å². The second-order valence-corrected chi connectivity index (χ2v) is 7.88. The zero-order valence-electron chi connectivity index (χ0n) is 16.8. The van der Waals surface area contributed by atoms with Gasteiger partial charge in [-0.3, -0.25) is 4.79 Å². The Hall–Kier alpha value is -2.33. The van der Waals surface area contributed by atoms with Crippen LogP contribution in [0.2, 0.25) is 0 Å². The Labute approximate surface area is 168 Å². The zero-order chi connectivity index (χ0) is 19.3. The zero-order valence-corrected chi connectivity index (χ0v) is 16.8. The highest BCUT2D eigenvalue weighted by molar-refractivity contribution is 5.71. The molecule has 4 nitrogen and oxygen atoms in total. The summed E-state index contributed by atoms with van der Waals surface area (Å²) in [5.74, 6) is 0.530. The summed E-state index contributed by atoms with van der Waals surface area (Å²) in [7, 11) is 0. The van der Waals surface area contributed by atoms with Crippen molar-refractivity contribution in [1.29, 1.82) is 0 Å². The summed E-state index contributed by atoms with van der Waals surface area (Å²) in [6, 6.07) is 17.7. The molecule has 148 valence electrons. The van der Waals surface area contributed by atoms with Gasteiger partial charge in [0.15, 0.2) is 0 Å². The van der Waals surface area contributed by atoms with Crippen LogP contribution in [0.25, 0.3) is 0 Å². The second-order valence-electron chi connectivity index (χ2n) is 7.88. The van der Waals surface area contributed by atoms with Crippen LogP contribution in [0.4, 0.5) is 11.4 Å². The Bertz CT molecular complexity index is 772. The number of para-hydroxylation sites is 2. The molecule has 0 aliphatic carbocycles. The summed E-state index contributed by atoms with van der Waals surface area (Å²) in [5.41, 5.74) is 5.60. The average molecular weight is 379 g/mol. The minimum Gasteiger partial charge on any atom is -0.466 e. The molecule has 0 N–H and O–H groups in total. The number of nitrogens with zero attached hydrogens (tertiary/aromatic N) is 2. The normalized spacial score (nSPS) is 19.0. The first-order valence-electron chi connectivity index (χ1n) is 10.6. The molecule has 0 spiro atoms. The molecule has 1 saturated heterocycles. The lowest BCUT2D eigenvalue weighted by molar-refractivity contribution is -0.143. The Morgan fingerprint density at radius 1 is 1.04 bits per heavy atom. The first-order chi connectivity index (χ1) is 13.7. The Kier molecular flexibility index (Phi) is 5.96. The van der Waals surface area contributed by atoms with Crippen molar-refractivity contribution >= 4 is 17.3 Å². The number of hydrogen-bond acceptors (Lipinski definition) is 4. The van der Waals surface area contributed by atoms with Crippen molar-refractivity contribution in [2.45, 2.75) is 32.6 Å². The van der Waals surface area contributed by atoms with Gasteiger partial charge in [-0.15, -0.1) is 0 Å². The van der Waals surface area contributed by atoms with Gasteiger partial charge in [0.1, 0.15) is 0 Å². The monoisotopic (exact) mass is 378 g/mol. The molecule has 4 heteroatoms. The Morgan fingerprint density at radius 3 is 2.32 bits per heavy atom. The lowest BCUT2D eigenvalue weighted by atomic mass is 10.0. The van der Waals surface area contributed by atoms with Crippen LogP contribution in [0, 0.1) is 5.92 Å². The molecular weight excluding hydrogens is 348 g/mol. The van der Waals surface area contributed by atoms with Gasteiger partial charge < -0.3 is 14.5 Å². The molecule has 2 aromatic rings. The number of hydrogen-bond donors (Lipinski definition) is 0. The van der Waals surface area contributed by atoms with Crippen LogP contribution in [0.15, 0.2) is 48.5 Å². The largest absolute Gasteiger partial charge is 0.466 e. The van der Waals surface area contributed by atoms with Crippen LogP contribution >= 0.6 is 0 Å². The van der Waals surface area contributed by atoms with Crippen LogP contribution < -0.4 is 4.90 Å². The molecule has 0 radical (unpaired) electrons. The maximum absolute atomic E-state index is 11.7. The maximum atomic E-state index is 11.7. The SMILES string of the molecule is CCOC(=O)CCN1CCC(CN2c3ccccc3CCc3ccccc32)C1. The molecule has 28 heavy (non-hydrogen) atoms. The third-order valence-corrected chi connectivity index (χ3v) is 5.98. The summed E-state index contributed by atoms with van der Waals surface area (Å²) in [6.07, 6.45) is 3.87. The molecule has 0 saturated carbocycles. The average Bonchev–Trinajstić information content (AvgIpc) is 3.11. The van der Waals surface area contributed by atoms with Gasteiger partial charge >= 0.3 is 5.97 Å². The topological polar surface area (TPSA) is 32.8 Å². The summed E-state index contributed by atoms with van der Waals surface area (Å²) in [5, 5.41) is 0. The summed E-state index contributed by atoms with van der Waals surface area (Å²) in [6.45, 7) is 6.30. The van der Waals surface area contributed by atoms with Crippen LogP contribution in [0.3, 0.4) is 0 Å². The van der Waals surface area contributed by atoms with Crippen LogP contribution in [0.5, 0.6) is 0 Å². The van der Waals surface area contributed by atoms with E-state index in [1.165, 1.54) is 28.9 Å². The lowest BCUT2D eigenvalue weighted by Crippen LogP contribution is -2.29. The van der Waals surface area contributed by atoms with E-state index < -0.39 is 0 Å². The molecule has 4 rings (SSSR count). The van der Waals surface area contributed by atoms with E-state index in [-0.39, 0.29) is 5.97 Å². The summed E-state index contributed by atoms with van der Waals surface area (Å²) in [4.78, 5) is 16.6. The number of carbonyl (C=O) groups is 1. The van der Waals surface area contributed by atoms with Crippen molar-refractivity contribution in [2.24, 2.45) is 5.92 Å².